The van der Waals surface area contributed by atoms with Crippen molar-refractivity contribution in [3.05, 3.63) is 100 Å². The van der Waals surface area contributed by atoms with E-state index in [-0.39, 0.29) is 30.4 Å². The third-order valence-corrected chi connectivity index (χ3v) is 5.82. The number of aromatic nitrogens is 2. The smallest absolute Gasteiger partial charge is 0.270 e. The van der Waals surface area contributed by atoms with Gasteiger partial charge in [-0.3, -0.25) is 9.20 Å². The fraction of sp³-hybridized carbons (Fsp3) is 0.259. The molecule has 0 aliphatic heterocycles. The first-order valence-corrected chi connectivity index (χ1v) is 11.4. The SMILES string of the molecule is Cc1cc(OCc2c(F)cccc2F)c2nc(C)c(C(=O)NCC(C)(N)Cc3ccc(F)cc3)n2c1. The first-order chi connectivity index (χ1) is 17.0. The fourth-order valence-electron chi connectivity index (χ4n) is 4.05. The van der Waals surface area contributed by atoms with Crippen molar-refractivity contribution in [2.45, 2.75) is 39.3 Å². The van der Waals surface area contributed by atoms with Crippen LogP contribution in [0.1, 0.15) is 39.8 Å². The van der Waals surface area contributed by atoms with Crippen molar-refractivity contribution in [3.8, 4) is 5.75 Å². The first-order valence-electron chi connectivity index (χ1n) is 11.4. The molecule has 0 aliphatic carbocycles. The summed E-state index contributed by atoms with van der Waals surface area (Å²) < 4.78 is 48.6. The number of halogens is 3. The number of aryl methyl sites for hydroxylation is 2. The molecule has 3 N–H and O–H groups in total. The summed E-state index contributed by atoms with van der Waals surface area (Å²) in [6.07, 6.45) is 2.17. The van der Waals surface area contributed by atoms with Gasteiger partial charge in [0.15, 0.2) is 11.4 Å². The van der Waals surface area contributed by atoms with Crippen LogP contribution in [0, 0.1) is 31.3 Å². The van der Waals surface area contributed by atoms with Crippen molar-refractivity contribution in [1.82, 2.24) is 14.7 Å². The number of carbonyl (C=O) groups is 1. The van der Waals surface area contributed by atoms with Crippen LogP contribution in [0.5, 0.6) is 5.75 Å². The predicted octanol–water partition coefficient (Wildman–Crippen LogP) is 4.64. The molecule has 0 radical (unpaired) electrons. The Bertz CT molecular complexity index is 1390. The Labute approximate surface area is 206 Å². The molecule has 2 heterocycles. The molecule has 9 heteroatoms. The van der Waals surface area contributed by atoms with E-state index < -0.39 is 17.2 Å². The summed E-state index contributed by atoms with van der Waals surface area (Å²) in [5.41, 5.74) is 8.14. The number of fused-ring (bicyclic) bond motifs is 1. The molecule has 1 amide bonds. The van der Waals surface area contributed by atoms with E-state index in [1.165, 1.54) is 18.2 Å². The van der Waals surface area contributed by atoms with Gasteiger partial charge in [0.2, 0.25) is 0 Å². The molecular formula is C27H27F3N4O2. The highest BCUT2D eigenvalue weighted by Gasteiger charge is 2.24. The number of pyridine rings is 1. The van der Waals surface area contributed by atoms with Gasteiger partial charge in [-0.2, -0.15) is 0 Å². The second kappa shape index (κ2) is 10.0. The summed E-state index contributed by atoms with van der Waals surface area (Å²) in [5.74, 6) is -1.83. The second-order valence-corrected chi connectivity index (χ2v) is 9.25. The zero-order chi connectivity index (χ0) is 26.0. The lowest BCUT2D eigenvalue weighted by atomic mass is 9.94. The van der Waals surface area contributed by atoms with Crippen LogP contribution in [0.2, 0.25) is 0 Å². The number of benzene rings is 2. The molecule has 188 valence electrons. The van der Waals surface area contributed by atoms with Gasteiger partial charge >= 0.3 is 0 Å². The molecule has 4 aromatic rings. The van der Waals surface area contributed by atoms with Gasteiger partial charge in [-0.05, 0) is 68.7 Å². The molecule has 36 heavy (non-hydrogen) atoms. The highest BCUT2D eigenvalue weighted by Crippen LogP contribution is 2.26. The third-order valence-electron chi connectivity index (χ3n) is 5.82. The van der Waals surface area contributed by atoms with Crippen LogP contribution in [0.4, 0.5) is 13.2 Å². The summed E-state index contributed by atoms with van der Waals surface area (Å²) in [6, 6.07) is 11.4. The Morgan fingerprint density at radius 2 is 1.78 bits per heavy atom. The zero-order valence-corrected chi connectivity index (χ0v) is 20.2. The molecule has 0 bridgehead atoms. The minimum atomic E-state index is -0.782. The van der Waals surface area contributed by atoms with E-state index in [1.54, 1.807) is 42.6 Å². The number of rotatable bonds is 8. The van der Waals surface area contributed by atoms with Gasteiger partial charge < -0.3 is 15.8 Å². The van der Waals surface area contributed by atoms with Crippen LogP contribution < -0.4 is 15.8 Å². The quantitative estimate of drug-likeness (QED) is 0.373. The van der Waals surface area contributed by atoms with Crippen molar-refractivity contribution >= 4 is 11.6 Å². The maximum atomic E-state index is 14.0. The number of hydrogen-bond donors (Lipinski definition) is 2. The molecule has 0 fully saturated rings. The number of ether oxygens (including phenoxy) is 1. The number of nitrogens with one attached hydrogen (secondary N) is 1. The van der Waals surface area contributed by atoms with E-state index in [1.807, 2.05) is 6.92 Å². The molecule has 1 unspecified atom stereocenters. The number of carbonyl (C=O) groups excluding carboxylic acids is 1. The highest BCUT2D eigenvalue weighted by atomic mass is 19.1. The number of nitrogens with two attached hydrogens (primary N) is 1. The summed E-state index contributed by atoms with van der Waals surface area (Å²) in [5, 5.41) is 2.86. The summed E-state index contributed by atoms with van der Waals surface area (Å²) in [6.45, 7) is 5.14. The lowest BCUT2D eigenvalue weighted by molar-refractivity contribution is 0.0938. The Hall–Kier alpha value is -3.85. The van der Waals surface area contributed by atoms with Crippen LogP contribution in [-0.2, 0) is 13.0 Å². The van der Waals surface area contributed by atoms with E-state index in [9.17, 15) is 18.0 Å². The van der Waals surface area contributed by atoms with Gasteiger partial charge in [-0.25, -0.2) is 18.2 Å². The van der Waals surface area contributed by atoms with Gasteiger partial charge in [-0.1, -0.05) is 18.2 Å². The maximum absolute atomic E-state index is 14.0. The molecule has 2 aromatic heterocycles. The molecular weight excluding hydrogens is 469 g/mol. The zero-order valence-electron chi connectivity index (χ0n) is 20.2. The first kappa shape index (κ1) is 25.2. The third kappa shape index (κ3) is 5.52. The van der Waals surface area contributed by atoms with Crippen LogP contribution >= 0.6 is 0 Å². The number of nitrogens with zero attached hydrogens (tertiary/aromatic N) is 2. The Morgan fingerprint density at radius 3 is 2.44 bits per heavy atom. The Kier molecular flexibility index (Phi) is 7.03. The van der Waals surface area contributed by atoms with Gasteiger partial charge in [0.25, 0.3) is 5.91 Å². The average molecular weight is 497 g/mol. The standard InChI is InChI=1S/C27H27F3N4O2/c1-16-11-23(36-14-20-21(29)5-4-6-22(20)30)25-33-17(2)24(34(25)13-16)26(35)32-15-27(3,31)12-18-7-9-19(28)10-8-18/h4-11,13H,12,14-15,31H2,1-3H3,(H,32,35). The van der Waals surface area contributed by atoms with Gasteiger partial charge in [0.1, 0.15) is 29.8 Å². The van der Waals surface area contributed by atoms with Crippen molar-refractivity contribution < 1.29 is 22.7 Å². The summed E-state index contributed by atoms with van der Waals surface area (Å²) in [4.78, 5) is 17.6. The summed E-state index contributed by atoms with van der Waals surface area (Å²) >= 11 is 0. The van der Waals surface area contributed by atoms with Crippen molar-refractivity contribution in [1.29, 1.82) is 0 Å². The highest BCUT2D eigenvalue weighted by molar-refractivity contribution is 5.95. The van der Waals surface area contributed by atoms with Crippen LogP contribution in [0.15, 0.2) is 54.7 Å². The summed E-state index contributed by atoms with van der Waals surface area (Å²) in [7, 11) is 0. The van der Waals surface area contributed by atoms with Gasteiger partial charge in [0.05, 0.1) is 11.3 Å². The number of hydrogen-bond acceptors (Lipinski definition) is 4. The van der Waals surface area contributed by atoms with Crippen molar-refractivity contribution in [2.75, 3.05) is 6.54 Å². The second-order valence-electron chi connectivity index (χ2n) is 9.25. The van der Waals surface area contributed by atoms with Crippen molar-refractivity contribution in [2.24, 2.45) is 5.73 Å². The molecule has 0 spiro atoms. The lowest BCUT2D eigenvalue weighted by Gasteiger charge is -2.25. The number of imidazole rings is 1. The van der Waals surface area contributed by atoms with Gasteiger partial charge in [0, 0.05) is 18.3 Å². The Morgan fingerprint density at radius 1 is 1.11 bits per heavy atom. The monoisotopic (exact) mass is 496 g/mol. The minimum Gasteiger partial charge on any atom is -0.485 e. The van der Waals surface area contributed by atoms with E-state index in [2.05, 4.69) is 10.3 Å². The lowest BCUT2D eigenvalue weighted by Crippen LogP contribution is -2.49. The fourth-order valence-corrected chi connectivity index (χ4v) is 4.05. The van der Waals surface area contributed by atoms with Crippen LogP contribution in [0.25, 0.3) is 5.65 Å². The molecule has 2 aromatic carbocycles. The van der Waals surface area contributed by atoms with Crippen LogP contribution in [-0.4, -0.2) is 27.4 Å². The minimum absolute atomic E-state index is 0.164. The molecule has 6 nitrogen and oxygen atoms in total. The average Bonchev–Trinajstić information content (AvgIpc) is 3.14. The van der Waals surface area contributed by atoms with E-state index in [0.717, 1.165) is 23.3 Å². The number of amides is 1. The van der Waals surface area contributed by atoms with E-state index in [0.29, 0.717) is 29.2 Å². The van der Waals surface area contributed by atoms with Gasteiger partial charge in [-0.15, -0.1) is 0 Å². The normalized spacial score (nSPS) is 13.0. The van der Waals surface area contributed by atoms with E-state index >= 15 is 0 Å². The topological polar surface area (TPSA) is 81.6 Å². The molecule has 0 saturated carbocycles. The van der Waals surface area contributed by atoms with Crippen molar-refractivity contribution in [3.63, 3.8) is 0 Å². The largest absolute Gasteiger partial charge is 0.485 e. The molecule has 4 rings (SSSR count). The Balaban J connectivity index is 1.54. The molecule has 0 saturated heterocycles. The molecule has 1 atom stereocenters. The van der Waals surface area contributed by atoms with E-state index in [4.69, 9.17) is 10.5 Å². The molecule has 0 aliphatic rings. The predicted molar refractivity (Wildman–Crippen MR) is 130 cm³/mol. The maximum Gasteiger partial charge on any atom is 0.270 e. The van der Waals surface area contributed by atoms with Crippen LogP contribution in [0.3, 0.4) is 0 Å².